The highest BCUT2D eigenvalue weighted by Gasteiger charge is 2.14. The van der Waals surface area contributed by atoms with Crippen molar-refractivity contribution in [2.45, 2.75) is 32.1 Å². The first kappa shape index (κ1) is 12.4. The second kappa shape index (κ2) is 6.06. The zero-order valence-electron chi connectivity index (χ0n) is 9.88. The van der Waals surface area contributed by atoms with Crippen molar-refractivity contribution in [3.8, 4) is 5.75 Å². The minimum absolute atomic E-state index is 0.231. The third-order valence-electron chi connectivity index (χ3n) is 3.05. The molecule has 0 saturated heterocycles. The Morgan fingerprint density at radius 3 is 3.00 bits per heavy atom. The van der Waals surface area contributed by atoms with Crippen molar-refractivity contribution in [2.75, 3.05) is 12.5 Å². The third kappa shape index (κ3) is 3.22. The summed E-state index contributed by atoms with van der Waals surface area (Å²) in [5.41, 5.74) is 1.98. The molecule has 1 heterocycles. The highest BCUT2D eigenvalue weighted by molar-refractivity contribution is 6.17. The maximum Gasteiger partial charge on any atom is 0.162 e. The summed E-state index contributed by atoms with van der Waals surface area (Å²) in [5.74, 6) is 1.85. The van der Waals surface area contributed by atoms with E-state index < -0.39 is 0 Å². The summed E-state index contributed by atoms with van der Waals surface area (Å²) in [6.07, 6.45) is 4.49. The minimum Gasteiger partial charge on any atom is -0.493 e. The zero-order valence-corrected chi connectivity index (χ0v) is 10.6. The van der Waals surface area contributed by atoms with Gasteiger partial charge in [0.2, 0.25) is 0 Å². The highest BCUT2D eigenvalue weighted by Crippen LogP contribution is 2.26. The van der Waals surface area contributed by atoms with Crippen LogP contribution >= 0.6 is 11.6 Å². The summed E-state index contributed by atoms with van der Waals surface area (Å²) in [7, 11) is 0. The Morgan fingerprint density at radius 1 is 1.29 bits per heavy atom. The number of hydrogen-bond donors (Lipinski definition) is 0. The SMILES string of the molecule is O=C(CCCCCCl)c1ccc2c(c1)CCO2. The van der Waals surface area contributed by atoms with Gasteiger partial charge in [-0.15, -0.1) is 11.6 Å². The number of carbonyl (C=O) groups excluding carboxylic acids is 1. The molecule has 0 unspecified atom stereocenters. The molecule has 92 valence electrons. The molecule has 17 heavy (non-hydrogen) atoms. The van der Waals surface area contributed by atoms with Crippen LogP contribution in [-0.2, 0) is 6.42 Å². The van der Waals surface area contributed by atoms with E-state index in [0.29, 0.717) is 12.3 Å². The molecule has 0 amide bonds. The van der Waals surface area contributed by atoms with Gasteiger partial charge in [0.25, 0.3) is 0 Å². The van der Waals surface area contributed by atoms with E-state index in [1.54, 1.807) is 0 Å². The molecule has 0 aliphatic carbocycles. The van der Waals surface area contributed by atoms with Gasteiger partial charge in [0.1, 0.15) is 5.75 Å². The van der Waals surface area contributed by atoms with Gasteiger partial charge in [-0.2, -0.15) is 0 Å². The number of alkyl halides is 1. The molecule has 0 fully saturated rings. The van der Waals surface area contributed by atoms with E-state index >= 15 is 0 Å². The molecule has 2 nitrogen and oxygen atoms in total. The number of ketones is 1. The van der Waals surface area contributed by atoms with Crippen molar-refractivity contribution in [2.24, 2.45) is 0 Å². The molecule has 2 rings (SSSR count). The molecule has 3 heteroatoms. The highest BCUT2D eigenvalue weighted by atomic mass is 35.5. The van der Waals surface area contributed by atoms with E-state index in [-0.39, 0.29) is 5.78 Å². The maximum absolute atomic E-state index is 11.9. The first-order valence-corrected chi connectivity index (χ1v) is 6.69. The lowest BCUT2D eigenvalue weighted by molar-refractivity contribution is 0.0979. The van der Waals surface area contributed by atoms with Crippen LogP contribution in [0.2, 0.25) is 0 Å². The Hall–Kier alpha value is -1.02. The molecular formula is C14H17ClO2. The molecule has 0 spiro atoms. The smallest absolute Gasteiger partial charge is 0.162 e. The van der Waals surface area contributed by atoms with Crippen LogP contribution in [0.15, 0.2) is 18.2 Å². The molecule has 0 saturated carbocycles. The lowest BCUT2D eigenvalue weighted by atomic mass is 10.0. The minimum atomic E-state index is 0.231. The van der Waals surface area contributed by atoms with Crippen LogP contribution in [0.1, 0.15) is 41.6 Å². The molecule has 1 aliphatic rings. The summed E-state index contributed by atoms with van der Waals surface area (Å²) in [4.78, 5) is 11.9. The van der Waals surface area contributed by atoms with Crippen molar-refractivity contribution >= 4 is 17.4 Å². The summed E-state index contributed by atoms with van der Waals surface area (Å²) in [5, 5.41) is 0. The monoisotopic (exact) mass is 252 g/mol. The van der Waals surface area contributed by atoms with E-state index in [2.05, 4.69) is 0 Å². The fourth-order valence-corrected chi connectivity index (χ4v) is 2.25. The number of carbonyl (C=O) groups is 1. The topological polar surface area (TPSA) is 26.3 Å². The average Bonchev–Trinajstić information content (AvgIpc) is 2.81. The van der Waals surface area contributed by atoms with Crippen molar-refractivity contribution < 1.29 is 9.53 Å². The Labute approximate surface area is 107 Å². The molecular weight excluding hydrogens is 236 g/mol. The Morgan fingerprint density at radius 2 is 2.18 bits per heavy atom. The van der Waals surface area contributed by atoms with Crippen LogP contribution < -0.4 is 4.74 Å². The van der Waals surface area contributed by atoms with Gasteiger partial charge in [0.05, 0.1) is 6.61 Å². The largest absolute Gasteiger partial charge is 0.493 e. The van der Waals surface area contributed by atoms with E-state index in [4.69, 9.17) is 16.3 Å². The van der Waals surface area contributed by atoms with Crippen LogP contribution in [0.4, 0.5) is 0 Å². The molecule has 1 aromatic carbocycles. The second-order valence-corrected chi connectivity index (χ2v) is 4.72. The summed E-state index contributed by atoms with van der Waals surface area (Å²) in [6, 6.07) is 5.76. The number of hydrogen-bond acceptors (Lipinski definition) is 2. The van der Waals surface area contributed by atoms with Gasteiger partial charge < -0.3 is 4.74 Å². The number of rotatable bonds is 6. The van der Waals surface area contributed by atoms with Crippen LogP contribution in [0.5, 0.6) is 5.75 Å². The van der Waals surface area contributed by atoms with Gasteiger partial charge in [-0.3, -0.25) is 4.79 Å². The predicted octanol–water partition coefficient (Wildman–Crippen LogP) is 3.60. The van der Waals surface area contributed by atoms with Gasteiger partial charge in [0, 0.05) is 24.3 Å². The second-order valence-electron chi connectivity index (χ2n) is 4.34. The predicted molar refractivity (Wildman–Crippen MR) is 69.2 cm³/mol. The summed E-state index contributed by atoms with van der Waals surface area (Å²) < 4.78 is 5.42. The van der Waals surface area contributed by atoms with Gasteiger partial charge >= 0.3 is 0 Å². The van der Waals surface area contributed by atoms with E-state index in [0.717, 1.165) is 49.2 Å². The number of fused-ring (bicyclic) bond motifs is 1. The molecule has 0 radical (unpaired) electrons. The maximum atomic E-state index is 11.9. The van der Waals surface area contributed by atoms with E-state index in [1.807, 2.05) is 18.2 Å². The third-order valence-corrected chi connectivity index (χ3v) is 3.32. The summed E-state index contributed by atoms with van der Waals surface area (Å²) >= 11 is 5.60. The first-order chi connectivity index (χ1) is 8.31. The van der Waals surface area contributed by atoms with Crippen LogP contribution in [0.3, 0.4) is 0 Å². The van der Waals surface area contributed by atoms with Crippen LogP contribution in [0, 0.1) is 0 Å². The van der Waals surface area contributed by atoms with Gasteiger partial charge in [-0.1, -0.05) is 6.42 Å². The summed E-state index contributed by atoms with van der Waals surface area (Å²) in [6.45, 7) is 0.739. The standard InChI is InChI=1S/C14H17ClO2/c15-8-3-1-2-4-13(16)11-5-6-14-12(10-11)7-9-17-14/h5-6,10H,1-4,7-9H2. The van der Waals surface area contributed by atoms with E-state index in [9.17, 15) is 4.79 Å². The van der Waals surface area contributed by atoms with Crippen LogP contribution in [0.25, 0.3) is 0 Å². The normalized spacial score (nSPS) is 13.2. The number of ether oxygens (including phenoxy) is 1. The molecule has 1 aliphatic heterocycles. The quantitative estimate of drug-likeness (QED) is 0.439. The van der Waals surface area contributed by atoms with Crippen molar-refractivity contribution in [3.63, 3.8) is 0 Å². The lowest BCUT2D eigenvalue weighted by Crippen LogP contribution is -1.99. The molecule has 0 atom stereocenters. The molecule has 0 bridgehead atoms. The van der Waals surface area contributed by atoms with E-state index in [1.165, 1.54) is 0 Å². The van der Waals surface area contributed by atoms with Gasteiger partial charge in [-0.25, -0.2) is 0 Å². The molecule has 1 aromatic rings. The van der Waals surface area contributed by atoms with Crippen molar-refractivity contribution in [1.29, 1.82) is 0 Å². The fraction of sp³-hybridized carbons (Fsp3) is 0.500. The van der Waals surface area contributed by atoms with Gasteiger partial charge in [-0.05, 0) is 36.6 Å². The Bertz CT molecular complexity index is 401. The Balaban J connectivity index is 1.91. The average molecular weight is 253 g/mol. The van der Waals surface area contributed by atoms with Gasteiger partial charge in [0.15, 0.2) is 5.78 Å². The van der Waals surface area contributed by atoms with Crippen molar-refractivity contribution in [1.82, 2.24) is 0 Å². The molecule has 0 N–H and O–H groups in total. The Kier molecular flexibility index (Phi) is 4.43. The van der Waals surface area contributed by atoms with Crippen molar-refractivity contribution in [3.05, 3.63) is 29.3 Å². The molecule has 0 aromatic heterocycles. The lowest BCUT2D eigenvalue weighted by Gasteiger charge is -2.03. The zero-order chi connectivity index (χ0) is 12.1. The number of benzene rings is 1. The van der Waals surface area contributed by atoms with Crippen LogP contribution in [-0.4, -0.2) is 18.3 Å². The number of Topliss-reactive ketones (excluding diaryl/α,β-unsaturated/α-hetero) is 1. The number of halogens is 1. The fourth-order valence-electron chi connectivity index (χ4n) is 2.06. The number of unbranched alkanes of at least 4 members (excludes halogenated alkanes) is 2. The first-order valence-electron chi connectivity index (χ1n) is 6.16.